The molecule has 0 aliphatic rings. The highest BCUT2D eigenvalue weighted by atomic mass is 16.4. The Morgan fingerprint density at radius 3 is 2.83 bits per heavy atom. The monoisotopic (exact) mass is 240 g/mol. The summed E-state index contributed by atoms with van der Waals surface area (Å²) in [6.45, 7) is 0. The van der Waals surface area contributed by atoms with E-state index in [1.54, 1.807) is 24.3 Å². The maximum Gasteiger partial charge on any atom is 0.346 e. The van der Waals surface area contributed by atoms with Crippen molar-refractivity contribution in [3.63, 3.8) is 0 Å². The molecule has 0 saturated carbocycles. The molecule has 2 rings (SSSR count). The number of carbonyl (C=O) groups is 1. The topological polar surface area (TPSA) is 94.2 Å². The van der Waals surface area contributed by atoms with Crippen LogP contribution in [0.1, 0.15) is 5.56 Å². The van der Waals surface area contributed by atoms with Crippen LogP contribution in [0.4, 0.5) is 0 Å². The summed E-state index contributed by atoms with van der Waals surface area (Å²) < 4.78 is 0. The molecule has 0 aliphatic carbocycles. The van der Waals surface area contributed by atoms with Crippen molar-refractivity contribution >= 4 is 22.9 Å². The minimum atomic E-state index is -1.29. The van der Waals surface area contributed by atoms with E-state index in [4.69, 9.17) is 10.4 Å². The predicted molar refractivity (Wildman–Crippen MR) is 64.6 cm³/mol. The molecule has 0 atom stereocenters. The Morgan fingerprint density at radius 2 is 2.17 bits per heavy atom. The number of aromatic hydroxyl groups is 1. The van der Waals surface area contributed by atoms with E-state index in [-0.39, 0.29) is 11.3 Å². The van der Waals surface area contributed by atoms with E-state index in [0.29, 0.717) is 16.5 Å². The summed E-state index contributed by atoms with van der Waals surface area (Å²) in [4.78, 5) is 14.8. The molecule has 0 fully saturated rings. The summed E-state index contributed by atoms with van der Waals surface area (Å²) in [5.74, 6) is -1.28. The largest absolute Gasteiger partial charge is 0.506 e. The number of rotatable bonds is 2. The lowest BCUT2D eigenvalue weighted by molar-refractivity contribution is -0.132. The second-order valence-corrected chi connectivity index (χ2v) is 3.55. The number of pyridine rings is 1. The number of carboxylic acids is 1. The van der Waals surface area contributed by atoms with Crippen molar-refractivity contribution in [1.82, 2.24) is 4.98 Å². The molecule has 2 aromatic rings. The van der Waals surface area contributed by atoms with Gasteiger partial charge < -0.3 is 10.2 Å². The van der Waals surface area contributed by atoms with E-state index in [2.05, 4.69) is 4.98 Å². The van der Waals surface area contributed by atoms with Gasteiger partial charge >= 0.3 is 5.97 Å². The zero-order valence-electron chi connectivity index (χ0n) is 9.16. The molecule has 0 saturated heterocycles. The molecule has 5 nitrogen and oxygen atoms in total. The minimum Gasteiger partial charge on any atom is -0.506 e. The fourth-order valence-electron chi connectivity index (χ4n) is 1.60. The number of nitrogens with zero attached hydrogens (tertiary/aromatic N) is 2. The first-order valence-electron chi connectivity index (χ1n) is 5.05. The molecular weight excluding hydrogens is 232 g/mol. The average Bonchev–Trinajstić information content (AvgIpc) is 2.38. The number of carboxylic acid groups (broad SMARTS) is 1. The number of hydrogen-bond acceptors (Lipinski definition) is 4. The Bertz CT molecular complexity index is 699. The van der Waals surface area contributed by atoms with Crippen molar-refractivity contribution < 1.29 is 15.0 Å². The highest BCUT2D eigenvalue weighted by Crippen LogP contribution is 2.26. The average molecular weight is 240 g/mol. The number of hydrogen-bond donors (Lipinski definition) is 2. The van der Waals surface area contributed by atoms with Crippen LogP contribution in [0.5, 0.6) is 5.75 Å². The number of benzene rings is 1. The van der Waals surface area contributed by atoms with Crippen LogP contribution in [-0.2, 0) is 4.79 Å². The molecule has 0 bridgehead atoms. The van der Waals surface area contributed by atoms with E-state index >= 15 is 0 Å². The van der Waals surface area contributed by atoms with Gasteiger partial charge in [0.05, 0.1) is 0 Å². The Kier molecular flexibility index (Phi) is 2.94. The second kappa shape index (κ2) is 4.55. The predicted octanol–water partition coefficient (Wildman–Crippen LogP) is 1.93. The highest BCUT2D eigenvalue weighted by Gasteiger charge is 2.09. The van der Waals surface area contributed by atoms with Crippen molar-refractivity contribution in [2.75, 3.05) is 0 Å². The van der Waals surface area contributed by atoms with E-state index in [0.717, 1.165) is 0 Å². The van der Waals surface area contributed by atoms with Gasteiger partial charge in [0.15, 0.2) is 0 Å². The second-order valence-electron chi connectivity index (χ2n) is 3.55. The number of phenols is 1. The van der Waals surface area contributed by atoms with E-state index in [9.17, 15) is 9.90 Å². The molecule has 2 N–H and O–H groups in total. The Hall–Kier alpha value is -2.87. The lowest BCUT2D eigenvalue weighted by Gasteiger charge is -2.03. The number of nitriles is 1. The molecule has 0 spiro atoms. The first-order valence-corrected chi connectivity index (χ1v) is 5.05. The summed E-state index contributed by atoms with van der Waals surface area (Å²) >= 11 is 0. The maximum atomic E-state index is 10.8. The first-order chi connectivity index (χ1) is 8.63. The van der Waals surface area contributed by atoms with Crippen molar-refractivity contribution in [1.29, 1.82) is 5.26 Å². The molecule has 0 amide bonds. The molecule has 0 aliphatic heterocycles. The molecule has 18 heavy (non-hydrogen) atoms. The van der Waals surface area contributed by atoms with Crippen LogP contribution >= 0.6 is 0 Å². The smallest absolute Gasteiger partial charge is 0.346 e. The summed E-state index contributed by atoms with van der Waals surface area (Å²) in [6.07, 6.45) is 2.78. The molecule has 0 unspecified atom stereocenters. The van der Waals surface area contributed by atoms with Gasteiger partial charge in [-0.2, -0.15) is 5.26 Å². The zero-order chi connectivity index (χ0) is 13.1. The summed E-state index contributed by atoms with van der Waals surface area (Å²) in [6, 6.07) is 7.94. The Morgan fingerprint density at radius 1 is 1.39 bits per heavy atom. The molecule has 1 aromatic heterocycles. The van der Waals surface area contributed by atoms with Crippen molar-refractivity contribution in [2.24, 2.45) is 0 Å². The van der Waals surface area contributed by atoms with Gasteiger partial charge in [-0.05, 0) is 23.8 Å². The van der Waals surface area contributed by atoms with Crippen LogP contribution in [0.2, 0.25) is 0 Å². The lowest BCUT2D eigenvalue weighted by atomic mass is 10.1. The molecule has 88 valence electrons. The Labute approximate surface area is 102 Å². The van der Waals surface area contributed by atoms with Crippen LogP contribution < -0.4 is 0 Å². The summed E-state index contributed by atoms with van der Waals surface area (Å²) in [5.41, 5.74) is 0.523. The van der Waals surface area contributed by atoms with Crippen LogP contribution in [-0.4, -0.2) is 21.2 Å². The quantitative estimate of drug-likeness (QED) is 0.617. The summed E-state index contributed by atoms with van der Waals surface area (Å²) in [5, 5.41) is 27.7. The third kappa shape index (κ3) is 1.99. The summed E-state index contributed by atoms with van der Waals surface area (Å²) in [7, 11) is 0. The van der Waals surface area contributed by atoms with E-state index in [1.807, 2.05) is 0 Å². The van der Waals surface area contributed by atoms with Gasteiger partial charge in [0.25, 0.3) is 0 Å². The van der Waals surface area contributed by atoms with E-state index < -0.39 is 5.97 Å². The lowest BCUT2D eigenvalue weighted by Crippen LogP contribution is -1.97. The molecular formula is C13H8N2O3. The third-order valence-electron chi connectivity index (χ3n) is 2.43. The molecule has 1 heterocycles. The normalized spacial score (nSPS) is 11.2. The van der Waals surface area contributed by atoms with Gasteiger partial charge in [-0.3, -0.25) is 4.98 Å². The fourth-order valence-corrected chi connectivity index (χ4v) is 1.60. The number of fused-ring (bicyclic) bond motifs is 1. The van der Waals surface area contributed by atoms with Crippen LogP contribution in [0.15, 0.2) is 36.0 Å². The van der Waals surface area contributed by atoms with Crippen molar-refractivity contribution in [2.45, 2.75) is 0 Å². The van der Waals surface area contributed by atoms with Crippen LogP contribution in [0.25, 0.3) is 17.0 Å². The van der Waals surface area contributed by atoms with Gasteiger partial charge in [-0.15, -0.1) is 0 Å². The fraction of sp³-hybridized carbons (Fsp3) is 0. The minimum absolute atomic E-state index is 0.0107. The molecule has 1 aromatic carbocycles. The van der Waals surface area contributed by atoms with Gasteiger partial charge in [-0.1, -0.05) is 12.1 Å². The van der Waals surface area contributed by atoms with Crippen LogP contribution in [0, 0.1) is 11.3 Å². The van der Waals surface area contributed by atoms with Gasteiger partial charge in [0, 0.05) is 11.6 Å². The van der Waals surface area contributed by atoms with Crippen molar-refractivity contribution in [3.05, 3.63) is 41.6 Å². The van der Waals surface area contributed by atoms with Crippen LogP contribution in [0.3, 0.4) is 0 Å². The number of aromatic nitrogens is 1. The molecule has 0 radical (unpaired) electrons. The van der Waals surface area contributed by atoms with Crippen molar-refractivity contribution in [3.8, 4) is 11.8 Å². The maximum absolute atomic E-state index is 10.8. The zero-order valence-corrected chi connectivity index (χ0v) is 9.16. The third-order valence-corrected chi connectivity index (χ3v) is 2.43. The standard InChI is InChI=1S/C13H8N2O3/c14-7-9(13(17)18)6-8-3-4-11(16)12-10(8)2-1-5-15-12/h1-6,16H,(H,17,18)/b9-6+. The SMILES string of the molecule is N#C/C(=C\c1ccc(O)c2ncccc12)C(=O)O. The van der Waals surface area contributed by atoms with Gasteiger partial charge in [0.2, 0.25) is 0 Å². The van der Waals surface area contributed by atoms with Gasteiger partial charge in [-0.25, -0.2) is 4.79 Å². The highest BCUT2D eigenvalue weighted by molar-refractivity contribution is 6.00. The molecule has 5 heteroatoms. The van der Waals surface area contributed by atoms with Gasteiger partial charge in [0.1, 0.15) is 22.9 Å². The van der Waals surface area contributed by atoms with E-state index in [1.165, 1.54) is 18.3 Å². The number of aliphatic carboxylic acids is 1. The number of phenolic OH excluding ortho intramolecular Hbond substituents is 1. The Balaban J connectivity index is 2.71. The first kappa shape index (κ1) is 11.6.